The van der Waals surface area contributed by atoms with Crippen LogP contribution in [0.1, 0.15) is 32.8 Å². The molecule has 3 aromatic carbocycles. The summed E-state index contributed by atoms with van der Waals surface area (Å²) in [6, 6.07) is 15.7. The fourth-order valence-electron chi connectivity index (χ4n) is 4.04. The van der Waals surface area contributed by atoms with Crippen LogP contribution in [0.4, 0.5) is 5.69 Å². The summed E-state index contributed by atoms with van der Waals surface area (Å²) in [6.07, 6.45) is 0.263. The molecular formula is C28H29Cl4N3O4S. The fraction of sp³-hybridized carbons (Fsp3) is 0.286. The molecule has 1 N–H and O–H groups in total. The lowest BCUT2D eigenvalue weighted by Crippen LogP contribution is -2.53. The Morgan fingerprint density at radius 2 is 1.50 bits per heavy atom. The van der Waals surface area contributed by atoms with Crippen molar-refractivity contribution in [3.05, 3.63) is 92.4 Å². The largest absolute Gasteiger partial charge is 0.352 e. The molecule has 0 spiro atoms. The maximum Gasteiger partial charge on any atom is 0.264 e. The molecule has 3 aromatic rings. The molecule has 0 unspecified atom stereocenters. The van der Waals surface area contributed by atoms with Crippen molar-refractivity contribution in [2.45, 2.75) is 50.7 Å². The van der Waals surface area contributed by atoms with Gasteiger partial charge in [0, 0.05) is 27.7 Å². The number of hydrogen-bond donors (Lipinski definition) is 1. The minimum atomic E-state index is -4.28. The van der Waals surface area contributed by atoms with Gasteiger partial charge in [-0.2, -0.15) is 0 Å². The van der Waals surface area contributed by atoms with Gasteiger partial charge in [-0.1, -0.05) is 77.6 Å². The molecule has 7 nitrogen and oxygen atoms in total. The van der Waals surface area contributed by atoms with E-state index >= 15 is 0 Å². The van der Waals surface area contributed by atoms with Gasteiger partial charge in [-0.05, 0) is 68.3 Å². The predicted molar refractivity (Wildman–Crippen MR) is 162 cm³/mol. The Labute approximate surface area is 255 Å². The molecule has 3 rings (SSSR count). The van der Waals surface area contributed by atoms with E-state index in [2.05, 4.69) is 5.32 Å². The summed E-state index contributed by atoms with van der Waals surface area (Å²) in [5, 5.41) is 3.86. The van der Waals surface area contributed by atoms with Crippen LogP contribution in [-0.4, -0.2) is 43.8 Å². The average molecular weight is 645 g/mol. The Morgan fingerprint density at radius 1 is 0.875 bits per heavy atom. The van der Waals surface area contributed by atoms with Gasteiger partial charge in [0.25, 0.3) is 10.0 Å². The number of carbonyl (C=O) groups is 2. The number of nitrogens with one attached hydrogen (secondary N) is 1. The number of carbonyl (C=O) groups excluding carboxylic acids is 2. The zero-order valence-electron chi connectivity index (χ0n) is 22.1. The van der Waals surface area contributed by atoms with Gasteiger partial charge in [-0.3, -0.25) is 13.9 Å². The Hall–Kier alpha value is -2.49. The quantitative estimate of drug-likeness (QED) is 0.248. The summed E-state index contributed by atoms with van der Waals surface area (Å²) in [5.74, 6) is -1.03. The van der Waals surface area contributed by atoms with Crippen LogP contribution in [0, 0.1) is 0 Å². The van der Waals surface area contributed by atoms with Crippen molar-refractivity contribution in [3.8, 4) is 0 Å². The molecule has 214 valence electrons. The molecule has 0 aliphatic rings. The van der Waals surface area contributed by atoms with Crippen molar-refractivity contribution in [1.82, 2.24) is 10.2 Å². The zero-order valence-corrected chi connectivity index (χ0v) is 25.9. The number of halogens is 4. The van der Waals surface area contributed by atoms with Crippen molar-refractivity contribution in [2.24, 2.45) is 0 Å². The summed E-state index contributed by atoms with van der Waals surface area (Å²) >= 11 is 25.1. The van der Waals surface area contributed by atoms with Gasteiger partial charge < -0.3 is 10.2 Å². The minimum Gasteiger partial charge on any atom is -0.352 e. The van der Waals surface area contributed by atoms with Crippen molar-refractivity contribution < 1.29 is 18.0 Å². The first-order chi connectivity index (χ1) is 18.8. The van der Waals surface area contributed by atoms with Crippen molar-refractivity contribution >= 4 is 73.9 Å². The Bertz CT molecular complexity index is 1470. The molecule has 12 heteroatoms. The molecule has 0 aliphatic heterocycles. The van der Waals surface area contributed by atoms with Crippen LogP contribution in [0.5, 0.6) is 0 Å². The Morgan fingerprint density at radius 3 is 2.10 bits per heavy atom. The summed E-state index contributed by atoms with van der Waals surface area (Å²) in [4.78, 5) is 28.5. The molecule has 2 amide bonds. The highest BCUT2D eigenvalue weighted by Gasteiger charge is 2.34. The first kappa shape index (κ1) is 32.0. The van der Waals surface area contributed by atoms with Gasteiger partial charge >= 0.3 is 0 Å². The summed E-state index contributed by atoms with van der Waals surface area (Å²) in [5.41, 5.74) is 0.559. The number of sulfonamides is 1. The number of rotatable bonds is 11. The molecule has 40 heavy (non-hydrogen) atoms. The lowest BCUT2D eigenvalue weighted by Gasteiger charge is -2.34. The summed E-state index contributed by atoms with van der Waals surface area (Å²) < 4.78 is 28.6. The Balaban J connectivity index is 2.12. The third kappa shape index (κ3) is 7.83. The second-order valence-electron chi connectivity index (χ2n) is 9.27. The average Bonchev–Trinajstić information content (AvgIpc) is 2.89. The molecule has 0 saturated heterocycles. The normalized spacial score (nSPS) is 12.2. The van der Waals surface area contributed by atoms with E-state index in [1.165, 1.54) is 41.3 Å². The van der Waals surface area contributed by atoms with Crippen molar-refractivity contribution in [3.63, 3.8) is 0 Å². The summed E-state index contributed by atoms with van der Waals surface area (Å²) in [7, 11) is -4.28. The number of amides is 2. The zero-order chi connectivity index (χ0) is 29.6. The van der Waals surface area contributed by atoms with Crippen LogP contribution in [0.2, 0.25) is 20.1 Å². The molecule has 0 aromatic heterocycles. The first-order valence-corrected chi connectivity index (χ1v) is 15.4. The molecule has 0 heterocycles. The maximum atomic E-state index is 14.1. The standard InChI is InChI=1S/C28H29Cl4N3O4S/c1-4-25(28(37)33-18(2)3)34(16-19-10-11-20(29)14-24(19)32)27(36)17-35(26-15-21(30)12-13-23(26)31)40(38,39)22-8-6-5-7-9-22/h5-15,18,25H,4,16-17H2,1-3H3,(H,33,37)/t25-/m1/s1. The van der Waals surface area contributed by atoms with E-state index in [9.17, 15) is 18.0 Å². The maximum absolute atomic E-state index is 14.1. The number of nitrogens with zero attached hydrogens (tertiary/aromatic N) is 2. The topological polar surface area (TPSA) is 86.8 Å². The SMILES string of the molecule is CC[C@H](C(=O)NC(C)C)N(Cc1ccc(Cl)cc1Cl)C(=O)CN(c1cc(Cl)ccc1Cl)S(=O)(=O)c1ccccc1. The van der Waals surface area contributed by atoms with Gasteiger partial charge in [-0.25, -0.2) is 8.42 Å². The van der Waals surface area contributed by atoms with E-state index in [-0.39, 0.29) is 45.5 Å². The van der Waals surface area contributed by atoms with Gasteiger partial charge in [0.2, 0.25) is 11.8 Å². The lowest BCUT2D eigenvalue weighted by molar-refractivity contribution is -0.140. The van der Waals surface area contributed by atoms with E-state index in [0.29, 0.717) is 15.6 Å². The highest BCUT2D eigenvalue weighted by Crippen LogP contribution is 2.33. The van der Waals surface area contributed by atoms with Gasteiger partial charge in [-0.15, -0.1) is 0 Å². The third-order valence-corrected chi connectivity index (χ3v) is 8.88. The second kappa shape index (κ2) is 13.9. The lowest BCUT2D eigenvalue weighted by atomic mass is 10.1. The Kier molecular flexibility index (Phi) is 11.1. The van der Waals surface area contributed by atoms with Crippen LogP contribution < -0.4 is 9.62 Å². The van der Waals surface area contributed by atoms with Gasteiger partial charge in [0.05, 0.1) is 15.6 Å². The van der Waals surface area contributed by atoms with Gasteiger partial charge in [0.1, 0.15) is 12.6 Å². The molecule has 0 bridgehead atoms. The van der Waals surface area contributed by atoms with E-state index in [0.717, 1.165) is 4.31 Å². The molecule has 0 fully saturated rings. The van der Waals surface area contributed by atoms with Crippen molar-refractivity contribution in [2.75, 3.05) is 10.8 Å². The molecule has 1 atom stereocenters. The number of hydrogen-bond acceptors (Lipinski definition) is 4. The monoisotopic (exact) mass is 643 g/mol. The van der Waals surface area contributed by atoms with E-state index in [1.54, 1.807) is 37.3 Å². The van der Waals surface area contributed by atoms with Crippen LogP contribution >= 0.6 is 46.4 Å². The summed E-state index contributed by atoms with van der Waals surface area (Å²) in [6.45, 7) is 4.65. The third-order valence-electron chi connectivity index (χ3n) is 5.96. The molecular weight excluding hydrogens is 616 g/mol. The number of anilines is 1. The second-order valence-corrected chi connectivity index (χ2v) is 12.8. The fourth-order valence-corrected chi connectivity index (χ4v) is 6.39. The van der Waals surface area contributed by atoms with E-state index in [4.69, 9.17) is 46.4 Å². The van der Waals surface area contributed by atoms with E-state index < -0.39 is 28.5 Å². The molecule has 0 aliphatic carbocycles. The van der Waals surface area contributed by atoms with Gasteiger partial charge in [0.15, 0.2) is 0 Å². The van der Waals surface area contributed by atoms with Crippen LogP contribution in [0.15, 0.2) is 71.6 Å². The van der Waals surface area contributed by atoms with Crippen LogP contribution in [0.25, 0.3) is 0 Å². The first-order valence-electron chi connectivity index (χ1n) is 12.4. The van der Waals surface area contributed by atoms with Crippen LogP contribution in [-0.2, 0) is 26.2 Å². The van der Waals surface area contributed by atoms with E-state index in [1.807, 2.05) is 13.8 Å². The highest BCUT2D eigenvalue weighted by atomic mass is 35.5. The predicted octanol–water partition coefficient (Wildman–Crippen LogP) is 6.83. The van der Waals surface area contributed by atoms with Crippen molar-refractivity contribution in [1.29, 1.82) is 0 Å². The molecule has 0 saturated carbocycles. The van der Waals surface area contributed by atoms with Crippen LogP contribution in [0.3, 0.4) is 0 Å². The highest BCUT2D eigenvalue weighted by molar-refractivity contribution is 7.92. The molecule has 0 radical (unpaired) electrons. The minimum absolute atomic E-state index is 0.0236. The number of benzene rings is 3. The smallest absolute Gasteiger partial charge is 0.264 e.